The summed E-state index contributed by atoms with van der Waals surface area (Å²) in [5.41, 5.74) is 3.26. The van der Waals surface area contributed by atoms with Gasteiger partial charge in [0.05, 0.1) is 11.5 Å². The number of hydrogen-bond acceptors (Lipinski definition) is 4. The van der Waals surface area contributed by atoms with Crippen LogP contribution in [0.3, 0.4) is 0 Å². The fraction of sp³-hybridized carbons (Fsp3) is 0.250. The van der Waals surface area contributed by atoms with Crippen molar-refractivity contribution < 1.29 is 19.7 Å². The summed E-state index contributed by atoms with van der Waals surface area (Å²) in [6.07, 6.45) is 2.66. The van der Waals surface area contributed by atoms with E-state index >= 15 is 0 Å². The van der Waals surface area contributed by atoms with Crippen molar-refractivity contribution in [3.63, 3.8) is 0 Å². The Morgan fingerprint density at radius 2 is 2.00 bits per heavy atom. The molecule has 0 saturated carbocycles. The van der Waals surface area contributed by atoms with Gasteiger partial charge in [-0.3, -0.25) is 4.79 Å². The molecule has 4 nitrogen and oxygen atoms in total. The Morgan fingerprint density at radius 3 is 2.75 bits per heavy atom. The first kappa shape index (κ1) is 16.1. The van der Waals surface area contributed by atoms with Gasteiger partial charge in [0.15, 0.2) is 5.78 Å². The van der Waals surface area contributed by atoms with E-state index in [9.17, 15) is 15.0 Å². The molecular weight excluding hydrogens is 304 g/mol. The number of fused-ring (bicyclic) bond motifs is 1. The van der Waals surface area contributed by atoms with Crippen LogP contribution in [0.5, 0.6) is 17.2 Å². The molecule has 0 aromatic heterocycles. The number of ether oxygens (including phenoxy) is 1. The highest BCUT2D eigenvalue weighted by Gasteiger charge is 2.30. The average molecular weight is 324 g/mol. The van der Waals surface area contributed by atoms with Gasteiger partial charge in [0.1, 0.15) is 23.9 Å². The molecule has 0 saturated heterocycles. The lowest BCUT2D eigenvalue weighted by Crippen LogP contribution is -2.26. The number of carbonyl (C=O) groups is 1. The smallest absolute Gasteiger partial charge is 0.177 e. The standard InChI is InChI=1S/C20H20O4/c1-12(2)3-4-14-9-13(5-8-18(14)22)17-11-24-19-10-15(21)6-7-16(19)20(17)23/h3,5-10,17,21-22H,4,11H2,1-2H3. The summed E-state index contributed by atoms with van der Waals surface area (Å²) in [6.45, 7) is 4.24. The maximum atomic E-state index is 12.8. The number of benzene rings is 2. The van der Waals surface area contributed by atoms with E-state index in [4.69, 9.17) is 4.74 Å². The first-order valence-electron chi connectivity index (χ1n) is 7.91. The summed E-state index contributed by atoms with van der Waals surface area (Å²) in [4.78, 5) is 12.8. The fourth-order valence-corrected chi connectivity index (χ4v) is 2.82. The van der Waals surface area contributed by atoms with Gasteiger partial charge in [-0.2, -0.15) is 0 Å². The normalized spacial score (nSPS) is 16.2. The molecule has 0 bridgehead atoms. The second-order valence-electron chi connectivity index (χ2n) is 6.28. The summed E-state index contributed by atoms with van der Waals surface area (Å²) in [6, 6.07) is 9.79. The minimum absolute atomic E-state index is 0.0323. The number of carbonyl (C=O) groups excluding carboxylic acids is 1. The van der Waals surface area contributed by atoms with Crippen LogP contribution in [0.4, 0.5) is 0 Å². The van der Waals surface area contributed by atoms with E-state index in [-0.39, 0.29) is 23.9 Å². The Balaban J connectivity index is 1.92. The van der Waals surface area contributed by atoms with E-state index in [2.05, 4.69) is 0 Å². The molecule has 4 heteroatoms. The van der Waals surface area contributed by atoms with Crippen LogP contribution < -0.4 is 4.74 Å². The topological polar surface area (TPSA) is 66.8 Å². The van der Waals surface area contributed by atoms with Gasteiger partial charge < -0.3 is 14.9 Å². The van der Waals surface area contributed by atoms with Gasteiger partial charge in [-0.25, -0.2) is 0 Å². The predicted molar refractivity (Wildman–Crippen MR) is 91.9 cm³/mol. The minimum Gasteiger partial charge on any atom is -0.508 e. The summed E-state index contributed by atoms with van der Waals surface area (Å²) in [7, 11) is 0. The number of Topliss-reactive ketones (excluding diaryl/α,β-unsaturated/α-hetero) is 1. The van der Waals surface area contributed by atoms with Gasteiger partial charge in [-0.15, -0.1) is 0 Å². The molecule has 0 aliphatic carbocycles. The van der Waals surface area contributed by atoms with Gasteiger partial charge in [0.2, 0.25) is 0 Å². The van der Waals surface area contributed by atoms with Crippen LogP contribution in [-0.2, 0) is 6.42 Å². The molecule has 3 rings (SSSR count). The van der Waals surface area contributed by atoms with Gasteiger partial charge in [-0.05, 0) is 49.6 Å². The Bertz CT molecular complexity index is 816. The number of ketones is 1. The zero-order valence-corrected chi connectivity index (χ0v) is 13.7. The third-order valence-electron chi connectivity index (χ3n) is 4.19. The van der Waals surface area contributed by atoms with Crippen molar-refractivity contribution in [3.8, 4) is 17.2 Å². The van der Waals surface area contributed by atoms with Crippen molar-refractivity contribution in [2.24, 2.45) is 0 Å². The van der Waals surface area contributed by atoms with Gasteiger partial charge in [0, 0.05) is 6.07 Å². The summed E-state index contributed by atoms with van der Waals surface area (Å²) < 4.78 is 5.65. The zero-order valence-electron chi connectivity index (χ0n) is 13.7. The van der Waals surface area contributed by atoms with Crippen molar-refractivity contribution >= 4 is 5.78 Å². The van der Waals surface area contributed by atoms with Crippen LogP contribution in [0.25, 0.3) is 0 Å². The fourth-order valence-electron chi connectivity index (χ4n) is 2.82. The molecule has 0 radical (unpaired) electrons. The molecular formula is C20H20O4. The van der Waals surface area contributed by atoms with E-state index in [0.717, 1.165) is 11.1 Å². The monoisotopic (exact) mass is 324 g/mol. The van der Waals surface area contributed by atoms with Crippen molar-refractivity contribution in [2.45, 2.75) is 26.2 Å². The molecule has 0 spiro atoms. The molecule has 1 aliphatic rings. The van der Waals surface area contributed by atoms with E-state index in [1.165, 1.54) is 17.7 Å². The lowest BCUT2D eigenvalue weighted by molar-refractivity contribution is 0.0896. The van der Waals surface area contributed by atoms with E-state index < -0.39 is 5.92 Å². The number of hydrogen-bond donors (Lipinski definition) is 2. The molecule has 2 aromatic rings. The van der Waals surface area contributed by atoms with Gasteiger partial charge in [-0.1, -0.05) is 23.8 Å². The highest BCUT2D eigenvalue weighted by Crippen LogP contribution is 2.35. The summed E-state index contributed by atoms with van der Waals surface area (Å²) in [5, 5.41) is 19.5. The SMILES string of the molecule is CC(C)=CCc1cc(C2COc3cc(O)ccc3C2=O)ccc1O. The molecule has 1 heterocycles. The molecule has 0 fully saturated rings. The number of rotatable bonds is 3. The van der Waals surface area contributed by atoms with Gasteiger partial charge >= 0.3 is 0 Å². The molecule has 2 N–H and O–H groups in total. The largest absolute Gasteiger partial charge is 0.508 e. The number of phenols is 2. The zero-order chi connectivity index (χ0) is 17.3. The Kier molecular flexibility index (Phi) is 4.30. The molecule has 1 unspecified atom stereocenters. The minimum atomic E-state index is -0.409. The highest BCUT2D eigenvalue weighted by molar-refractivity contribution is 6.04. The van der Waals surface area contributed by atoms with Crippen molar-refractivity contribution in [3.05, 3.63) is 64.7 Å². The highest BCUT2D eigenvalue weighted by atomic mass is 16.5. The van der Waals surface area contributed by atoms with Crippen LogP contribution in [-0.4, -0.2) is 22.6 Å². The third-order valence-corrected chi connectivity index (χ3v) is 4.19. The molecule has 124 valence electrons. The van der Waals surface area contributed by atoms with Crippen LogP contribution in [0.1, 0.15) is 41.3 Å². The van der Waals surface area contributed by atoms with Crippen molar-refractivity contribution in [1.29, 1.82) is 0 Å². The summed E-state index contributed by atoms with van der Waals surface area (Å²) >= 11 is 0. The molecule has 1 aliphatic heterocycles. The van der Waals surface area contributed by atoms with E-state index in [1.54, 1.807) is 18.2 Å². The van der Waals surface area contributed by atoms with Crippen LogP contribution in [0, 0.1) is 0 Å². The number of phenolic OH excluding ortho intramolecular Hbond substituents is 2. The maximum absolute atomic E-state index is 12.8. The van der Waals surface area contributed by atoms with E-state index in [1.807, 2.05) is 26.0 Å². The van der Waals surface area contributed by atoms with Gasteiger partial charge in [0.25, 0.3) is 0 Å². The number of aromatic hydroxyl groups is 2. The van der Waals surface area contributed by atoms with Crippen LogP contribution in [0.15, 0.2) is 48.0 Å². The second-order valence-corrected chi connectivity index (χ2v) is 6.28. The number of allylic oxidation sites excluding steroid dienone is 2. The summed E-state index contributed by atoms with van der Waals surface area (Å²) in [5.74, 6) is 0.280. The Hall–Kier alpha value is -2.75. The van der Waals surface area contributed by atoms with Crippen LogP contribution >= 0.6 is 0 Å². The Morgan fingerprint density at radius 1 is 1.21 bits per heavy atom. The first-order chi connectivity index (χ1) is 11.5. The molecule has 1 atom stereocenters. The molecule has 24 heavy (non-hydrogen) atoms. The van der Waals surface area contributed by atoms with Crippen LogP contribution in [0.2, 0.25) is 0 Å². The quantitative estimate of drug-likeness (QED) is 0.839. The lowest BCUT2D eigenvalue weighted by atomic mass is 9.87. The predicted octanol–water partition coefficient (Wildman–Crippen LogP) is 3.97. The maximum Gasteiger partial charge on any atom is 0.177 e. The average Bonchev–Trinajstić information content (AvgIpc) is 2.54. The van der Waals surface area contributed by atoms with E-state index in [0.29, 0.717) is 17.7 Å². The second kappa shape index (κ2) is 6.40. The van der Waals surface area contributed by atoms with Crippen molar-refractivity contribution in [2.75, 3.05) is 6.61 Å². The Labute approximate surface area is 141 Å². The molecule has 2 aromatic carbocycles. The first-order valence-corrected chi connectivity index (χ1v) is 7.91. The van der Waals surface area contributed by atoms with Crippen molar-refractivity contribution in [1.82, 2.24) is 0 Å². The lowest BCUT2D eigenvalue weighted by Gasteiger charge is -2.25. The molecule has 0 amide bonds. The third kappa shape index (κ3) is 3.13.